The van der Waals surface area contributed by atoms with Crippen molar-refractivity contribution in [1.29, 1.82) is 0 Å². The van der Waals surface area contributed by atoms with E-state index < -0.39 is 0 Å². The number of rotatable bonds is 2. The van der Waals surface area contributed by atoms with Crippen LogP contribution in [-0.2, 0) is 0 Å². The zero-order valence-corrected chi connectivity index (χ0v) is 15.7. The minimum atomic E-state index is 0.212. The predicted octanol–water partition coefficient (Wildman–Crippen LogP) is 5.51. The molecule has 0 radical (unpaired) electrons. The van der Waals surface area contributed by atoms with Crippen LogP contribution in [0.5, 0.6) is 11.5 Å². The molecular weight excluding hydrogens is 374 g/mol. The molecule has 2 N–H and O–H groups in total. The molecule has 0 saturated heterocycles. The third-order valence-corrected chi connectivity index (χ3v) is 5.53. The van der Waals surface area contributed by atoms with Crippen molar-refractivity contribution in [3.8, 4) is 34.0 Å². The lowest BCUT2D eigenvalue weighted by Crippen LogP contribution is -1.96. The third-order valence-electron chi connectivity index (χ3n) is 5.53. The first-order valence-corrected chi connectivity index (χ1v) is 9.57. The fourth-order valence-electron chi connectivity index (χ4n) is 4.13. The molecule has 0 aliphatic rings. The molecule has 142 valence electrons. The standard InChI is InChI=1S/C25H15N3O2/c29-16-5-1-14(2-6-16)24-18-9-11-20-23-21(27-13-26-20)12-10-19(22(18)23)25(28-24)15-3-7-17(30)8-4-15/h1-13,29-30H. The van der Waals surface area contributed by atoms with Gasteiger partial charge < -0.3 is 10.2 Å². The fourth-order valence-corrected chi connectivity index (χ4v) is 4.13. The zero-order valence-electron chi connectivity index (χ0n) is 15.7. The summed E-state index contributed by atoms with van der Waals surface area (Å²) >= 11 is 0. The van der Waals surface area contributed by atoms with Gasteiger partial charge in [0, 0.05) is 32.7 Å². The molecule has 0 amide bonds. The smallest absolute Gasteiger partial charge is 0.116 e. The number of nitrogens with zero attached hydrogens (tertiary/aromatic N) is 3. The topological polar surface area (TPSA) is 79.1 Å². The van der Waals surface area contributed by atoms with Gasteiger partial charge in [-0.15, -0.1) is 0 Å². The van der Waals surface area contributed by atoms with E-state index >= 15 is 0 Å². The Hall–Kier alpha value is -4.25. The molecule has 0 bridgehead atoms. The number of hydrogen-bond donors (Lipinski definition) is 2. The molecular formula is C25H15N3O2. The third kappa shape index (κ3) is 2.39. The summed E-state index contributed by atoms with van der Waals surface area (Å²) in [6.07, 6.45) is 1.59. The Morgan fingerprint density at radius 3 is 1.43 bits per heavy atom. The fraction of sp³-hybridized carbons (Fsp3) is 0. The van der Waals surface area contributed by atoms with Crippen LogP contribution in [0.4, 0.5) is 0 Å². The number of aromatic hydroxyl groups is 2. The van der Waals surface area contributed by atoms with Crippen molar-refractivity contribution >= 4 is 32.6 Å². The van der Waals surface area contributed by atoms with Gasteiger partial charge in [-0.1, -0.05) is 0 Å². The van der Waals surface area contributed by atoms with Gasteiger partial charge in [0.15, 0.2) is 0 Å². The monoisotopic (exact) mass is 389 g/mol. The Bertz CT molecular complexity index is 1430. The molecule has 2 aromatic heterocycles. The molecule has 6 aromatic rings. The summed E-state index contributed by atoms with van der Waals surface area (Å²) in [4.78, 5) is 14.0. The van der Waals surface area contributed by atoms with Crippen LogP contribution in [0.3, 0.4) is 0 Å². The largest absolute Gasteiger partial charge is 0.508 e. The lowest BCUT2D eigenvalue weighted by atomic mass is 9.93. The second kappa shape index (κ2) is 6.12. The molecule has 6 rings (SSSR count). The number of aromatic nitrogens is 3. The van der Waals surface area contributed by atoms with Crippen molar-refractivity contribution < 1.29 is 10.2 Å². The summed E-state index contributed by atoms with van der Waals surface area (Å²) in [5.41, 5.74) is 5.24. The molecule has 0 unspecified atom stereocenters. The van der Waals surface area contributed by atoms with Crippen LogP contribution in [0.15, 0.2) is 79.1 Å². The van der Waals surface area contributed by atoms with Crippen molar-refractivity contribution in [2.24, 2.45) is 0 Å². The average Bonchev–Trinajstić information content (AvgIpc) is 2.78. The van der Waals surface area contributed by atoms with Crippen LogP contribution in [0, 0.1) is 0 Å². The number of pyridine rings is 1. The van der Waals surface area contributed by atoms with Gasteiger partial charge in [0.2, 0.25) is 0 Å². The maximum atomic E-state index is 9.74. The molecule has 5 heteroatoms. The van der Waals surface area contributed by atoms with E-state index in [1.807, 2.05) is 48.5 Å². The zero-order chi connectivity index (χ0) is 20.2. The molecule has 2 heterocycles. The first-order valence-electron chi connectivity index (χ1n) is 9.57. The quantitative estimate of drug-likeness (QED) is 0.382. The van der Waals surface area contributed by atoms with Crippen LogP contribution in [0.2, 0.25) is 0 Å². The van der Waals surface area contributed by atoms with E-state index in [4.69, 9.17) is 4.98 Å². The average molecular weight is 389 g/mol. The minimum Gasteiger partial charge on any atom is -0.508 e. The van der Waals surface area contributed by atoms with Gasteiger partial charge in [-0.3, -0.25) is 0 Å². The van der Waals surface area contributed by atoms with Crippen molar-refractivity contribution in [3.05, 3.63) is 79.1 Å². The number of phenolic OH excluding ortho intramolecular Hbond substituents is 2. The highest BCUT2D eigenvalue weighted by Gasteiger charge is 2.18. The van der Waals surface area contributed by atoms with Gasteiger partial charge in [-0.05, 0) is 72.8 Å². The molecule has 0 spiro atoms. The second-order valence-corrected chi connectivity index (χ2v) is 7.29. The van der Waals surface area contributed by atoms with E-state index in [0.29, 0.717) is 0 Å². The normalized spacial score (nSPS) is 11.6. The van der Waals surface area contributed by atoms with E-state index in [1.54, 1.807) is 30.6 Å². The van der Waals surface area contributed by atoms with Crippen molar-refractivity contribution in [1.82, 2.24) is 15.0 Å². The summed E-state index contributed by atoms with van der Waals surface area (Å²) in [6.45, 7) is 0. The Labute approximate surface area is 171 Å². The van der Waals surface area contributed by atoms with E-state index in [1.165, 1.54) is 0 Å². The number of benzene rings is 4. The first kappa shape index (κ1) is 16.7. The van der Waals surface area contributed by atoms with Crippen molar-refractivity contribution in [2.75, 3.05) is 0 Å². The highest BCUT2D eigenvalue weighted by molar-refractivity contribution is 6.25. The summed E-state index contributed by atoms with van der Waals surface area (Å²) in [5, 5.41) is 23.6. The lowest BCUT2D eigenvalue weighted by Gasteiger charge is -2.16. The molecule has 5 nitrogen and oxygen atoms in total. The molecule has 0 atom stereocenters. The summed E-state index contributed by atoms with van der Waals surface area (Å²) in [5.74, 6) is 0.423. The van der Waals surface area contributed by atoms with Crippen LogP contribution in [-0.4, -0.2) is 25.2 Å². The van der Waals surface area contributed by atoms with E-state index in [-0.39, 0.29) is 11.5 Å². The van der Waals surface area contributed by atoms with Gasteiger partial charge in [-0.25, -0.2) is 15.0 Å². The van der Waals surface area contributed by atoms with Gasteiger partial charge in [-0.2, -0.15) is 0 Å². The molecule has 0 aliphatic heterocycles. The Morgan fingerprint density at radius 2 is 0.967 bits per heavy atom. The maximum absolute atomic E-state index is 9.74. The number of phenols is 2. The summed E-state index contributed by atoms with van der Waals surface area (Å²) < 4.78 is 0. The summed E-state index contributed by atoms with van der Waals surface area (Å²) in [6, 6.07) is 22.2. The molecule has 30 heavy (non-hydrogen) atoms. The van der Waals surface area contributed by atoms with E-state index in [0.717, 1.165) is 55.1 Å². The minimum absolute atomic E-state index is 0.212. The van der Waals surface area contributed by atoms with E-state index in [9.17, 15) is 10.2 Å². The predicted molar refractivity (Wildman–Crippen MR) is 118 cm³/mol. The second-order valence-electron chi connectivity index (χ2n) is 7.29. The lowest BCUT2D eigenvalue weighted by molar-refractivity contribution is 0.475. The molecule has 4 aromatic carbocycles. The van der Waals surface area contributed by atoms with Crippen LogP contribution in [0.1, 0.15) is 0 Å². The molecule has 0 aliphatic carbocycles. The molecule has 0 fully saturated rings. The van der Waals surface area contributed by atoms with Gasteiger partial charge in [0.25, 0.3) is 0 Å². The van der Waals surface area contributed by atoms with Crippen molar-refractivity contribution in [3.63, 3.8) is 0 Å². The van der Waals surface area contributed by atoms with Gasteiger partial charge in [0.05, 0.1) is 22.4 Å². The van der Waals surface area contributed by atoms with Crippen LogP contribution < -0.4 is 0 Å². The van der Waals surface area contributed by atoms with Crippen molar-refractivity contribution in [2.45, 2.75) is 0 Å². The Kier molecular flexibility index (Phi) is 3.40. The Balaban J connectivity index is 1.81. The first-order chi connectivity index (χ1) is 14.7. The Morgan fingerprint density at radius 1 is 0.500 bits per heavy atom. The van der Waals surface area contributed by atoms with Gasteiger partial charge in [0.1, 0.15) is 17.8 Å². The maximum Gasteiger partial charge on any atom is 0.116 e. The SMILES string of the molecule is Oc1ccc(-c2nc(-c3ccc(O)cc3)c3ccc4ncnc5ccc2c3c54)cc1. The van der Waals surface area contributed by atoms with Crippen LogP contribution in [0.25, 0.3) is 55.1 Å². The molecule has 0 saturated carbocycles. The van der Waals surface area contributed by atoms with Crippen LogP contribution >= 0.6 is 0 Å². The summed E-state index contributed by atoms with van der Waals surface area (Å²) in [7, 11) is 0. The highest BCUT2D eigenvalue weighted by atomic mass is 16.3. The highest BCUT2D eigenvalue weighted by Crippen LogP contribution is 2.41. The number of hydrogen-bond acceptors (Lipinski definition) is 5. The van der Waals surface area contributed by atoms with Gasteiger partial charge >= 0.3 is 0 Å². The van der Waals surface area contributed by atoms with E-state index in [2.05, 4.69) is 9.97 Å².